The third-order valence-electron chi connectivity index (χ3n) is 4.92. The summed E-state index contributed by atoms with van der Waals surface area (Å²) < 4.78 is 0. The molecule has 0 radical (unpaired) electrons. The van der Waals surface area contributed by atoms with Gasteiger partial charge in [-0.3, -0.25) is 14.5 Å². The van der Waals surface area contributed by atoms with Crippen molar-refractivity contribution in [3.05, 3.63) is 118 Å². The number of nitrogens with zero attached hydrogens (tertiary/aromatic N) is 1. The number of benzene rings is 3. The lowest BCUT2D eigenvalue weighted by Crippen LogP contribution is -2.30. The Morgan fingerprint density at radius 2 is 1.50 bits per heavy atom. The molecular formula is C25H18ClNO3. The molecule has 0 unspecified atom stereocenters. The molecule has 0 fully saturated rings. The van der Waals surface area contributed by atoms with Crippen LogP contribution in [0.5, 0.6) is 0 Å². The number of hydrogen-bond donors (Lipinski definition) is 1. The van der Waals surface area contributed by atoms with Crippen LogP contribution < -0.4 is 4.90 Å². The molecule has 0 aromatic heterocycles. The molecule has 1 aliphatic heterocycles. The molecule has 1 atom stereocenters. The molecule has 0 spiro atoms. The molecule has 5 heteroatoms. The number of aliphatic hydroxyl groups excluding tert-OH is 1. The van der Waals surface area contributed by atoms with E-state index < -0.39 is 23.5 Å². The lowest BCUT2D eigenvalue weighted by Gasteiger charge is -2.26. The van der Waals surface area contributed by atoms with Crippen LogP contribution >= 0.6 is 11.6 Å². The van der Waals surface area contributed by atoms with Crippen LogP contribution in [-0.2, 0) is 9.59 Å². The number of para-hydroxylation sites is 1. The van der Waals surface area contributed by atoms with Gasteiger partial charge in [0.1, 0.15) is 0 Å². The third kappa shape index (κ3) is 3.78. The fraction of sp³-hybridized carbons (Fsp3) is 0.0400. The quantitative estimate of drug-likeness (QED) is 0.558. The van der Waals surface area contributed by atoms with Crippen LogP contribution in [0.2, 0.25) is 5.02 Å². The molecule has 30 heavy (non-hydrogen) atoms. The molecule has 1 heterocycles. The zero-order valence-electron chi connectivity index (χ0n) is 15.9. The van der Waals surface area contributed by atoms with Gasteiger partial charge in [0.15, 0.2) is 11.5 Å². The largest absolute Gasteiger partial charge is 0.503 e. The number of amides is 1. The Bertz CT molecular complexity index is 1140. The number of ketones is 1. The Kier molecular flexibility index (Phi) is 5.50. The Morgan fingerprint density at radius 1 is 0.900 bits per heavy atom. The minimum Gasteiger partial charge on any atom is -0.503 e. The highest BCUT2D eigenvalue weighted by molar-refractivity contribution is 6.30. The number of halogens is 1. The van der Waals surface area contributed by atoms with Crippen LogP contribution in [0, 0.1) is 0 Å². The van der Waals surface area contributed by atoms with Crippen molar-refractivity contribution in [3.8, 4) is 0 Å². The number of hydrogen-bond acceptors (Lipinski definition) is 3. The maximum atomic E-state index is 13.1. The second-order valence-corrected chi connectivity index (χ2v) is 7.27. The molecule has 4 rings (SSSR count). The Labute approximate surface area is 179 Å². The summed E-state index contributed by atoms with van der Waals surface area (Å²) in [7, 11) is 0. The van der Waals surface area contributed by atoms with Crippen LogP contribution in [-0.4, -0.2) is 16.8 Å². The highest BCUT2D eigenvalue weighted by Gasteiger charge is 2.43. The fourth-order valence-electron chi connectivity index (χ4n) is 3.50. The highest BCUT2D eigenvalue weighted by atomic mass is 35.5. The van der Waals surface area contributed by atoms with Gasteiger partial charge in [0, 0.05) is 10.7 Å². The van der Waals surface area contributed by atoms with E-state index in [0.717, 1.165) is 5.56 Å². The smallest absolute Gasteiger partial charge is 0.294 e. The van der Waals surface area contributed by atoms with Crippen LogP contribution in [0.25, 0.3) is 6.08 Å². The van der Waals surface area contributed by atoms with E-state index in [1.165, 1.54) is 11.0 Å². The average Bonchev–Trinajstić information content (AvgIpc) is 3.04. The van der Waals surface area contributed by atoms with Gasteiger partial charge in [-0.2, -0.15) is 0 Å². The van der Waals surface area contributed by atoms with Crippen LogP contribution in [0.15, 0.2) is 102 Å². The first-order valence-corrected chi connectivity index (χ1v) is 9.78. The molecule has 0 saturated heterocycles. The maximum Gasteiger partial charge on any atom is 0.294 e. The van der Waals surface area contributed by atoms with Crippen molar-refractivity contribution in [1.29, 1.82) is 0 Å². The van der Waals surface area contributed by atoms with Crippen LogP contribution in [0.1, 0.15) is 17.2 Å². The Morgan fingerprint density at radius 3 is 2.13 bits per heavy atom. The molecule has 4 nitrogen and oxygen atoms in total. The highest BCUT2D eigenvalue weighted by Crippen LogP contribution is 2.41. The predicted octanol–water partition coefficient (Wildman–Crippen LogP) is 5.52. The van der Waals surface area contributed by atoms with E-state index in [0.29, 0.717) is 16.3 Å². The minimum atomic E-state index is -0.759. The van der Waals surface area contributed by atoms with Crippen molar-refractivity contribution < 1.29 is 14.7 Å². The number of rotatable bonds is 5. The van der Waals surface area contributed by atoms with E-state index in [2.05, 4.69) is 0 Å². The summed E-state index contributed by atoms with van der Waals surface area (Å²) in [5.74, 6) is -1.58. The van der Waals surface area contributed by atoms with E-state index in [4.69, 9.17) is 11.6 Å². The number of carbonyl (C=O) groups is 2. The lowest BCUT2D eigenvalue weighted by molar-refractivity contribution is -0.117. The minimum absolute atomic E-state index is 0.0401. The van der Waals surface area contributed by atoms with E-state index >= 15 is 0 Å². The average molecular weight is 416 g/mol. The van der Waals surface area contributed by atoms with Gasteiger partial charge >= 0.3 is 0 Å². The van der Waals surface area contributed by atoms with Gasteiger partial charge in [0.05, 0.1) is 11.6 Å². The Balaban J connectivity index is 1.78. The third-order valence-corrected chi connectivity index (χ3v) is 5.17. The molecule has 1 aliphatic rings. The van der Waals surface area contributed by atoms with E-state index in [1.807, 2.05) is 36.4 Å². The summed E-state index contributed by atoms with van der Waals surface area (Å²) in [5.41, 5.74) is 2.15. The molecule has 1 N–H and O–H groups in total. The first-order chi connectivity index (χ1) is 14.6. The van der Waals surface area contributed by atoms with Crippen molar-refractivity contribution in [1.82, 2.24) is 0 Å². The van der Waals surface area contributed by atoms with E-state index in [1.54, 1.807) is 54.6 Å². The SMILES string of the molecule is O=C(/C=C/c1ccccc1)C1=C(O)C(=O)N(c2ccccc2)[C@H]1c1ccc(Cl)cc1. The summed E-state index contributed by atoms with van der Waals surface area (Å²) in [6.07, 6.45) is 3.04. The number of carbonyl (C=O) groups excluding carboxylic acids is 2. The van der Waals surface area contributed by atoms with Crippen LogP contribution in [0.4, 0.5) is 5.69 Å². The monoisotopic (exact) mass is 415 g/mol. The van der Waals surface area contributed by atoms with E-state index in [9.17, 15) is 14.7 Å². The maximum absolute atomic E-state index is 13.1. The molecule has 3 aromatic rings. The molecule has 148 valence electrons. The van der Waals surface area contributed by atoms with Gasteiger partial charge in [-0.05, 0) is 41.5 Å². The summed E-state index contributed by atoms with van der Waals surface area (Å²) in [6, 6.07) is 24.5. The van der Waals surface area contributed by atoms with Gasteiger partial charge in [-0.15, -0.1) is 0 Å². The zero-order valence-corrected chi connectivity index (χ0v) is 16.7. The predicted molar refractivity (Wildman–Crippen MR) is 118 cm³/mol. The topological polar surface area (TPSA) is 57.6 Å². The fourth-order valence-corrected chi connectivity index (χ4v) is 3.62. The van der Waals surface area contributed by atoms with Crippen molar-refractivity contribution in [2.75, 3.05) is 4.90 Å². The number of anilines is 1. The standard InChI is InChI=1S/C25H18ClNO3/c26-19-14-12-18(13-15-19)23-22(21(28)16-11-17-7-3-1-4-8-17)24(29)25(30)27(23)20-9-5-2-6-10-20/h1-16,23,29H/b16-11+/t23-/m0/s1. The second kappa shape index (κ2) is 8.39. The van der Waals surface area contributed by atoms with Crippen molar-refractivity contribution in [2.24, 2.45) is 0 Å². The first-order valence-electron chi connectivity index (χ1n) is 9.41. The van der Waals surface area contributed by atoms with Gasteiger partial charge < -0.3 is 5.11 Å². The molecule has 0 bridgehead atoms. The summed E-state index contributed by atoms with van der Waals surface area (Å²) >= 11 is 6.03. The van der Waals surface area contributed by atoms with E-state index in [-0.39, 0.29) is 5.57 Å². The first kappa shape index (κ1) is 19.7. The summed E-state index contributed by atoms with van der Waals surface area (Å²) in [5, 5.41) is 11.2. The Hall–Kier alpha value is -3.63. The van der Waals surface area contributed by atoms with Crippen molar-refractivity contribution in [2.45, 2.75) is 6.04 Å². The molecule has 0 saturated carbocycles. The summed E-state index contributed by atoms with van der Waals surface area (Å²) in [6.45, 7) is 0. The normalized spacial score (nSPS) is 16.5. The van der Waals surface area contributed by atoms with Gasteiger partial charge in [-0.1, -0.05) is 78.3 Å². The lowest BCUT2D eigenvalue weighted by atomic mass is 9.95. The van der Waals surface area contributed by atoms with Gasteiger partial charge in [0.25, 0.3) is 5.91 Å². The van der Waals surface area contributed by atoms with Crippen molar-refractivity contribution >= 4 is 35.1 Å². The second-order valence-electron chi connectivity index (χ2n) is 6.84. The van der Waals surface area contributed by atoms with Crippen LogP contribution in [0.3, 0.4) is 0 Å². The number of aliphatic hydroxyl groups is 1. The van der Waals surface area contributed by atoms with Gasteiger partial charge in [0.2, 0.25) is 0 Å². The number of allylic oxidation sites excluding steroid dienone is 1. The summed E-state index contributed by atoms with van der Waals surface area (Å²) in [4.78, 5) is 27.5. The molecular weight excluding hydrogens is 398 g/mol. The zero-order chi connectivity index (χ0) is 21.1. The molecule has 0 aliphatic carbocycles. The molecule has 1 amide bonds. The van der Waals surface area contributed by atoms with Gasteiger partial charge in [-0.25, -0.2) is 0 Å². The molecule has 3 aromatic carbocycles. The van der Waals surface area contributed by atoms with Crippen molar-refractivity contribution in [3.63, 3.8) is 0 Å².